The molecule has 0 radical (unpaired) electrons. The van der Waals surface area contributed by atoms with Crippen LogP contribution >= 0.6 is 0 Å². The highest BCUT2D eigenvalue weighted by Gasteiger charge is 2.47. The van der Waals surface area contributed by atoms with E-state index in [-0.39, 0.29) is 5.54 Å². The Balaban J connectivity index is 1.59. The first-order valence-corrected chi connectivity index (χ1v) is 7.01. The van der Waals surface area contributed by atoms with Crippen LogP contribution < -0.4 is 0 Å². The monoisotopic (exact) mass is 250 g/mol. The van der Waals surface area contributed by atoms with Crippen LogP contribution in [0.5, 0.6) is 0 Å². The van der Waals surface area contributed by atoms with E-state index in [1.54, 1.807) is 0 Å². The Morgan fingerprint density at radius 1 is 1.32 bits per heavy atom. The lowest BCUT2D eigenvalue weighted by molar-refractivity contribution is 0.765. The summed E-state index contributed by atoms with van der Waals surface area (Å²) in [6, 6.07) is 6.37. The van der Waals surface area contributed by atoms with E-state index in [0.717, 1.165) is 24.1 Å². The topological polar surface area (TPSA) is 30.2 Å². The first-order chi connectivity index (χ1) is 9.75. The maximum absolute atomic E-state index is 8.08. The summed E-state index contributed by atoms with van der Waals surface area (Å²) in [6.07, 6.45) is 9.19. The molecular weight excluding hydrogens is 234 g/mol. The molecule has 94 valence electrons. The standard InChI is InChI=1S/C16H15N3/c1-2-11(1)15-9-19(10-17-15)13-3-4-14-12(7-13)8-18-16(14)5-6-16/h3-4,7-11H,1-2,5-6H2/i8D. The smallest absolute Gasteiger partial charge is 0.0995 e. The number of imidazole rings is 1. The Bertz CT molecular complexity index is 751. The van der Waals surface area contributed by atoms with Crippen LogP contribution in [0.4, 0.5) is 0 Å². The molecule has 1 spiro atoms. The van der Waals surface area contributed by atoms with Gasteiger partial charge in [0, 0.05) is 29.6 Å². The second-order valence-corrected chi connectivity index (χ2v) is 5.97. The molecule has 2 fully saturated rings. The minimum absolute atomic E-state index is 0.0287. The molecule has 0 unspecified atom stereocenters. The van der Waals surface area contributed by atoms with Gasteiger partial charge in [-0.25, -0.2) is 4.98 Å². The van der Waals surface area contributed by atoms with E-state index >= 15 is 0 Å². The predicted octanol–water partition coefficient (Wildman–Crippen LogP) is 3.17. The Hall–Kier alpha value is -1.90. The molecule has 2 aromatic rings. The van der Waals surface area contributed by atoms with E-state index in [1.165, 1.54) is 24.1 Å². The summed E-state index contributed by atoms with van der Waals surface area (Å²) in [4.78, 5) is 9.03. The van der Waals surface area contributed by atoms with Crippen molar-refractivity contribution in [2.24, 2.45) is 4.99 Å². The minimum atomic E-state index is -0.0287. The molecule has 1 aromatic heterocycles. The molecule has 0 saturated heterocycles. The van der Waals surface area contributed by atoms with Crippen molar-refractivity contribution in [2.45, 2.75) is 37.1 Å². The van der Waals surface area contributed by atoms with E-state index in [2.05, 4.69) is 38.9 Å². The van der Waals surface area contributed by atoms with Crippen LogP contribution in [0.25, 0.3) is 5.69 Å². The van der Waals surface area contributed by atoms with E-state index in [1.807, 2.05) is 6.33 Å². The molecule has 19 heavy (non-hydrogen) atoms. The van der Waals surface area contributed by atoms with Gasteiger partial charge in [0.1, 0.15) is 0 Å². The molecule has 2 aliphatic carbocycles. The third-order valence-corrected chi connectivity index (χ3v) is 4.51. The quantitative estimate of drug-likeness (QED) is 0.805. The zero-order valence-electron chi connectivity index (χ0n) is 11.6. The van der Waals surface area contributed by atoms with Crippen LogP contribution in [0.1, 0.15) is 49.8 Å². The van der Waals surface area contributed by atoms with Crippen molar-refractivity contribution in [1.82, 2.24) is 9.55 Å². The maximum Gasteiger partial charge on any atom is 0.0995 e. The Morgan fingerprint density at radius 3 is 3.00 bits per heavy atom. The third-order valence-electron chi connectivity index (χ3n) is 4.51. The summed E-state index contributed by atoms with van der Waals surface area (Å²) in [5.74, 6) is 0.675. The molecule has 0 bridgehead atoms. The van der Waals surface area contributed by atoms with E-state index in [4.69, 9.17) is 1.37 Å². The molecule has 0 amide bonds. The predicted molar refractivity (Wildman–Crippen MR) is 74.0 cm³/mol. The van der Waals surface area contributed by atoms with Gasteiger partial charge in [-0.3, -0.25) is 4.99 Å². The van der Waals surface area contributed by atoms with Crippen LogP contribution in [0, 0.1) is 0 Å². The molecule has 3 nitrogen and oxygen atoms in total. The summed E-state index contributed by atoms with van der Waals surface area (Å²) in [5, 5.41) is 0. The number of rotatable bonds is 2. The highest BCUT2D eigenvalue weighted by Crippen LogP contribution is 2.53. The zero-order chi connectivity index (χ0) is 13.3. The SMILES string of the molecule is [2H]C1=NC2(CC2)c2ccc(-n3cnc(C4CC4)c3)cc21. The molecule has 0 atom stereocenters. The van der Waals surface area contributed by atoms with Crippen molar-refractivity contribution in [3.8, 4) is 5.69 Å². The van der Waals surface area contributed by atoms with E-state index in [0.29, 0.717) is 12.1 Å². The first kappa shape index (κ1) is 9.08. The number of fused-ring (bicyclic) bond motifs is 2. The third kappa shape index (κ3) is 1.38. The summed E-state index contributed by atoms with van der Waals surface area (Å²) >= 11 is 0. The van der Waals surface area contributed by atoms with Gasteiger partial charge in [0.2, 0.25) is 0 Å². The molecule has 2 heterocycles. The fraction of sp³-hybridized carbons (Fsp3) is 0.375. The van der Waals surface area contributed by atoms with Gasteiger partial charge in [0.25, 0.3) is 0 Å². The van der Waals surface area contributed by atoms with Gasteiger partial charge in [-0.05, 0) is 43.4 Å². The van der Waals surface area contributed by atoms with Crippen LogP contribution in [-0.4, -0.2) is 15.7 Å². The summed E-state index contributed by atoms with van der Waals surface area (Å²) in [6.45, 7) is 0. The van der Waals surface area contributed by atoms with Crippen LogP contribution in [0.3, 0.4) is 0 Å². The maximum atomic E-state index is 8.08. The van der Waals surface area contributed by atoms with Gasteiger partial charge in [0.15, 0.2) is 0 Å². The van der Waals surface area contributed by atoms with Crippen molar-refractivity contribution in [3.05, 3.63) is 47.5 Å². The normalized spacial score (nSPS) is 23.2. The zero-order valence-corrected chi connectivity index (χ0v) is 10.6. The highest BCUT2D eigenvalue weighted by atomic mass is 15.0. The van der Waals surface area contributed by atoms with Crippen molar-refractivity contribution < 1.29 is 1.37 Å². The minimum Gasteiger partial charge on any atom is -0.306 e. The van der Waals surface area contributed by atoms with Crippen LogP contribution in [0.2, 0.25) is 0 Å². The van der Waals surface area contributed by atoms with Crippen molar-refractivity contribution in [1.29, 1.82) is 0 Å². The summed E-state index contributed by atoms with van der Waals surface area (Å²) < 4.78 is 10.1. The number of aromatic nitrogens is 2. The fourth-order valence-corrected chi connectivity index (χ4v) is 2.99. The summed E-state index contributed by atoms with van der Waals surface area (Å²) in [7, 11) is 0. The van der Waals surface area contributed by atoms with Crippen molar-refractivity contribution >= 4 is 6.19 Å². The number of benzene rings is 1. The average molecular weight is 250 g/mol. The molecule has 5 rings (SSSR count). The van der Waals surface area contributed by atoms with Crippen LogP contribution in [-0.2, 0) is 5.54 Å². The van der Waals surface area contributed by atoms with Crippen molar-refractivity contribution in [2.75, 3.05) is 0 Å². The second kappa shape index (κ2) is 3.16. The molecule has 1 aliphatic heterocycles. The van der Waals surface area contributed by atoms with E-state index in [9.17, 15) is 0 Å². The average Bonchev–Trinajstić information content (AvgIpc) is 3.37. The van der Waals surface area contributed by atoms with Gasteiger partial charge < -0.3 is 4.57 Å². The van der Waals surface area contributed by atoms with Gasteiger partial charge in [0.05, 0.1) is 18.9 Å². The number of hydrogen-bond donors (Lipinski definition) is 0. The highest BCUT2D eigenvalue weighted by molar-refractivity contribution is 5.88. The molecular formula is C16H15N3. The Kier molecular flexibility index (Phi) is 1.51. The fourth-order valence-electron chi connectivity index (χ4n) is 2.99. The lowest BCUT2D eigenvalue weighted by atomic mass is 10.0. The molecule has 2 saturated carbocycles. The van der Waals surface area contributed by atoms with Gasteiger partial charge in [-0.2, -0.15) is 0 Å². The molecule has 1 aromatic carbocycles. The van der Waals surface area contributed by atoms with Gasteiger partial charge in [-0.1, -0.05) is 6.07 Å². The van der Waals surface area contributed by atoms with Gasteiger partial charge in [-0.15, -0.1) is 0 Å². The lowest BCUT2D eigenvalue weighted by Gasteiger charge is -2.08. The molecule has 0 N–H and O–H groups in total. The van der Waals surface area contributed by atoms with Crippen LogP contribution in [0.15, 0.2) is 35.7 Å². The van der Waals surface area contributed by atoms with E-state index < -0.39 is 0 Å². The molecule has 3 heteroatoms. The lowest BCUT2D eigenvalue weighted by Crippen LogP contribution is -2.00. The Morgan fingerprint density at radius 2 is 2.21 bits per heavy atom. The second-order valence-electron chi connectivity index (χ2n) is 5.97. The number of aliphatic imine (C=N–C) groups is 1. The summed E-state index contributed by atoms with van der Waals surface area (Å²) in [5.41, 5.74) is 4.50. The van der Waals surface area contributed by atoms with Gasteiger partial charge >= 0.3 is 0 Å². The number of hydrogen-bond acceptors (Lipinski definition) is 2. The molecule has 3 aliphatic rings. The first-order valence-electron chi connectivity index (χ1n) is 7.51. The largest absolute Gasteiger partial charge is 0.306 e. The Labute approximate surface area is 113 Å². The van der Waals surface area contributed by atoms with Crippen molar-refractivity contribution in [3.63, 3.8) is 0 Å². The number of nitrogens with zero attached hydrogens (tertiary/aromatic N) is 3.